The Morgan fingerprint density at radius 2 is 2.12 bits per heavy atom. The summed E-state index contributed by atoms with van der Waals surface area (Å²) in [4.78, 5) is 5.65. The first-order chi connectivity index (χ1) is 7.67. The molecule has 0 bridgehead atoms. The highest BCUT2D eigenvalue weighted by Crippen LogP contribution is 2.15. The summed E-state index contributed by atoms with van der Waals surface area (Å²) >= 11 is 1.75. The molecule has 0 saturated heterocycles. The van der Waals surface area contributed by atoms with Crippen molar-refractivity contribution in [2.24, 2.45) is 5.92 Å². The fourth-order valence-corrected chi connectivity index (χ4v) is 2.51. The van der Waals surface area contributed by atoms with Crippen LogP contribution in [-0.4, -0.2) is 11.0 Å². The first-order valence-electron chi connectivity index (χ1n) is 6.29. The SMILES string of the molecule is CCC(C)CC(CC)NCc1scnc1C. The van der Waals surface area contributed by atoms with E-state index >= 15 is 0 Å². The third-order valence-electron chi connectivity index (χ3n) is 3.27. The zero-order valence-electron chi connectivity index (χ0n) is 10.9. The van der Waals surface area contributed by atoms with Crippen LogP contribution in [0.3, 0.4) is 0 Å². The van der Waals surface area contributed by atoms with Gasteiger partial charge in [-0.1, -0.05) is 27.2 Å². The average molecular weight is 240 g/mol. The summed E-state index contributed by atoms with van der Waals surface area (Å²) in [6.07, 6.45) is 3.77. The van der Waals surface area contributed by atoms with Crippen molar-refractivity contribution in [1.82, 2.24) is 10.3 Å². The Hall–Kier alpha value is -0.410. The van der Waals surface area contributed by atoms with Crippen molar-refractivity contribution in [3.8, 4) is 0 Å². The van der Waals surface area contributed by atoms with Gasteiger partial charge in [0.05, 0.1) is 11.2 Å². The van der Waals surface area contributed by atoms with Crippen molar-refractivity contribution in [2.45, 2.75) is 59.5 Å². The molecule has 1 heterocycles. The number of thiazole rings is 1. The predicted molar refractivity (Wildman–Crippen MR) is 71.8 cm³/mol. The highest BCUT2D eigenvalue weighted by molar-refractivity contribution is 7.09. The van der Waals surface area contributed by atoms with Gasteiger partial charge in [-0.15, -0.1) is 11.3 Å². The monoisotopic (exact) mass is 240 g/mol. The summed E-state index contributed by atoms with van der Waals surface area (Å²) in [7, 11) is 0. The first kappa shape index (κ1) is 13.7. The molecule has 2 nitrogen and oxygen atoms in total. The lowest BCUT2D eigenvalue weighted by Gasteiger charge is -2.20. The third-order valence-corrected chi connectivity index (χ3v) is 4.21. The highest BCUT2D eigenvalue weighted by Gasteiger charge is 2.10. The van der Waals surface area contributed by atoms with Gasteiger partial charge in [-0.3, -0.25) is 0 Å². The van der Waals surface area contributed by atoms with E-state index in [1.165, 1.54) is 29.8 Å². The molecule has 0 aliphatic heterocycles. The molecule has 1 aromatic rings. The van der Waals surface area contributed by atoms with Crippen LogP contribution < -0.4 is 5.32 Å². The molecule has 16 heavy (non-hydrogen) atoms. The molecule has 0 radical (unpaired) electrons. The van der Waals surface area contributed by atoms with E-state index in [0.29, 0.717) is 6.04 Å². The normalized spacial score (nSPS) is 15.0. The van der Waals surface area contributed by atoms with Gasteiger partial charge in [-0.2, -0.15) is 0 Å². The summed E-state index contributed by atoms with van der Waals surface area (Å²) in [6, 6.07) is 0.649. The number of aromatic nitrogens is 1. The van der Waals surface area contributed by atoms with E-state index in [1.807, 2.05) is 5.51 Å². The lowest BCUT2D eigenvalue weighted by atomic mass is 9.98. The number of aryl methyl sites for hydroxylation is 1. The Kier molecular flexibility index (Phi) is 5.99. The van der Waals surface area contributed by atoms with Gasteiger partial charge in [-0.25, -0.2) is 4.98 Å². The third kappa shape index (κ3) is 4.22. The Morgan fingerprint density at radius 1 is 1.38 bits per heavy atom. The predicted octanol–water partition coefficient (Wildman–Crippen LogP) is 3.76. The smallest absolute Gasteiger partial charge is 0.0798 e. The number of rotatable bonds is 7. The van der Waals surface area contributed by atoms with Crippen LogP contribution in [0.2, 0.25) is 0 Å². The van der Waals surface area contributed by atoms with Crippen LogP contribution in [0.4, 0.5) is 0 Å². The molecule has 3 heteroatoms. The molecule has 0 amide bonds. The van der Waals surface area contributed by atoms with Crippen LogP contribution in [0.15, 0.2) is 5.51 Å². The van der Waals surface area contributed by atoms with Crippen molar-refractivity contribution in [3.05, 3.63) is 16.1 Å². The quantitative estimate of drug-likeness (QED) is 0.785. The number of nitrogens with zero attached hydrogens (tertiary/aromatic N) is 1. The zero-order valence-corrected chi connectivity index (χ0v) is 11.7. The molecule has 0 spiro atoms. The van der Waals surface area contributed by atoms with E-state index in [1.54, 1.807) is 11.3 Å². The van der Waals surface area contributed by atoms with Gasteiger partial charge in [0.25, 0.3) is 0 Å². The van der Waals surface area contributed by atoms with Crippen molar-refractivity contribution >= 4 is 11.3 Å². The molecule has 0 aliphatic carbocycles. The molecular weight excluding hydrogens is 216 g/mol. The minimum absolute atomic E-state index is 0.649. The number of hydrogen-bond donors (Lipinski definition) is 1. The van der Waals surface area contributed by atoms with Crippen LogP contribution in [0.5, 0.6) is 0 Å². The van der Waals surface area contributed by atoms with Gasteiger partial charge in [0.1, 0.15) is 0 Å². The fourth-order valence-electron chi connectivity index (χ4n) is 1.78. The van der Waals surface area contributed by atoms with Crippen molar-refractivity contribution in [3.63, 3.8) is 0 Å². The first-order valence-corrected chi connectivity index (χ1v) is 7.17. The van der Waals surface area contributed by atoms with E-state index in [2.05, 4.69) is 38.0 Å². The van der Waals surface area contributed by atoms with Crippen molar-refractivity contribution in [2.75, 3.05) is 0 Å². The van der Waals surface area contributed by atoms with E-state index in [0.717, 1.165) is 12.5 Å². The van der Waals surface area contributed by atoms with Gasteiger partial charge in [0, 0.05) is 17.5 Å². The minimum atomic E-state index is 0.649. The largest absolute Gasteiger partial charge is 0.309 e. The number of hydrogen-bond acceptors (Lipinski definition) is 3. The van der Waals surface area contributed by atoms with Gasteiger partial charge in [-0.05, 0) is 25.7 Å². The van der Waals surface area contributed by atoms with Gasteiger partial charge in [0.15, 0.2) is 0 Å². The van der Waals surface area contributed by atoms with Crippen LogP contribution in [0.1, 0.15) is 50.6 Å². The molecule has 0 fully saturated rings. The molecule has 1 rings (SSSR count). The molecule has 92 valence electrons. The average Bonchev–Trinajstić information content (AvgIpc) is 2.69. The second-order valence-electron chi connectivity index (χ2n) is 4.60. The molecular formula is C13H24N2S. The van der Waals surface area contributed by atoms with E-state index in [4.69, 9.17) is 0 Å². The maximum atomic E-state index is 4.28. The minimum Gasteiger partial charge on any atom is -0.309 e. The van der Waals surface area contributed by atoms with Crippen LogP contribution in [0, 0.1) is 12.8 Å². The maximum absolute atomic E-state index is 4.28. The van der Waals surface area contributed by atoms with Crippen molar-refractivity contribution in [1.29, 1.82) is 0 Å². The Bertz CT molecular complexity index is 296. The molecule has 0 aromatic carbocycles. The molecule has 0 aliphatic rings. The molecule has 0 saturated carbocycles. The van der Waals surface area contributed by atoms with Crippen molar-refractivity contribution < 1.29 is 0 Å². The molecule has 1 N–H and O–H groups in total. The summed E-state index contributed by atoms with van der Waals surface area (Å²) in [5, 5.41) is 3.65. The summed E-state index contributed by atoms with van der Waals surface area (Å²) in [5.74, 6) is 0.819. The topological polar surface area (TPSA) is 24.9 Å². The maximum Gasteiger partial charge on any atom is 0.0798 e. The van der Waals surface area contributed by atoms with E-state index in [9.17, 15) is 0 Å². The Balaban J connectivity index is 2.37. The summed E-state index contributed by atoms with van der Waals surface area (Å²) in [5.41, 5.74) is 3.11. The van der Waals surface area contributed by atoms with E-state index in [-0.39, 0.29) is 0 Å². The lowest BCUT2D eigenvalue weighted by Crippen LogP contribution is -2.29. The Morgan fingerprint density at radius 3 is 2.62 bits per heavy atom. The van der Waals surface area contributed by atoms with E-state index < -0.39 is 0 Å². The van der Waals surface area contributed by atoms with Crippen LogP contribution in [0.25, 0.3) is 0 Å². The zero-order chi connectivity index (χ0) is 12.0. The summed E-state index contributed by atoms with van der Waals surface area (Å²) in [6.45, 7) is 9.93. The second kappa shape index (κ2) is 7.02. The Labute approximate surface area is 103 Å². The lowest BCUT2D eigenvalue weighted by molar-refractivity contribution is 0.384. The van der Waals surface area contributed by atoms with Crippen LogP contribution >= 0.6 is 11.3 Å². The standard InChI is InChI=1S/C13H24N2S/c1-5-10(3)7-12(6-2)14-8-13-11(4)15-9-16-13/h9-10,12,14H,5-8H2,1-4H3. The van der Waals surface area contributed by atoms with Gasteiger partial charge in [0.2, 0.25) is 0 Å². The fraction of sp³-hybridized carbons (Fsp3) is 0.769. The van der Waals surface area contributed by atoms with Gasteiger partial charge >= 0.3 is 0 Å². The molecule has 1 aromatic heterocycles. The highest BCUT2D eigenvalue weighted by atomic mass is 32.1. The second-order valence-corrected chi connectivity index (χ2v) is 5.54. The molecule has 2 unspecified atom stereocenters. The summed E-state index contributed by atoms with van der Waals surface area (Å²) < 4.78 is 0. The van der Waals surface area contributed by atoms with Gasteiger partial charge < -0.3 is 5.32 Å². The number of nitrogens with one attached hydrogen (secondary N) is 1. The van der Waals surface area contributed by atoms with Crippen LogP contribution in [-0.2, 0) is 6.54 Å². The molecule has 2 atom stereocenters.